The van der Waals surface area contributed by atoms with Gasteiger partial charge < -0.3 is 10.4 Å². The van der Waals surface area contributed by atoms with Gasteiger partial charge in [0.05, 0.1) is 16.3 Å². The molecule has 0 saturated carbocycles. The number of aromatic carboxylic acids is 1. The molecule has 22 heavy (non-hydrogen) atoms. The monoisotopic (exact) mass is 318 g/mol. The number of nitrogens with zero attached hydrogens (tertiary/aromatic N) is 1. The van der Waals surface area contributed by atoms with E-state index >= 15 is 0 Å². The first-order valence-corrected chi connectivity index (χ1v) is 7.88. The van der Waals surface area contributed by atoms with Crippen molar-refractivity contribution in [2.24, 2.45) is 0 Å². The summed E-state index contributed by atoms with van der Waals surface area (Å²) in [5, 5.41) is 14.8. The molecule has 1 heterocycles. The summed E-state index contributed by atoms with van der Waals surface area (Å²) >= 11 is 1.60. The Hall–Kier alpha value is -2.21. The molecule has 0 unspecified atom stereocenters. The first-order chi connectivity index (χ1) is 10.5. The second-order valence-corrected chi connectivity index (χ2v) is 6.16. The van der Waals surface area contributed by atoms with Crippen LogP contribution in [0.2, 0.25) is 0 Å². The van der Waals surface area contributed by atoms with Gasteiger partial charge in [0.25, 0.3) is 0 Å². The maximum absolute atomic E-state index is 11.9. The molecule has 0 aliphatic rings. The van der Waals surface area contributed by atoms with Crippen molar-refractivity contribution in [3.05, 3.63) is 45.4 Å². The zero-order chi connectivity index (χ0) is 16.1. The maximum Gasteiger partial charge on any atom is 0.336 e. The van der Waals surface area contributed by atoms with Gasteiger partial charge in [-0.15, -0.1) is 11.3 Å². The van der Waals surface area contributed by atoms with E-state index in [4.69, 9.17) is 5.11 Å². The van der Waals surface area contributed by atoms with Gasteiger partial charge in [-0.3, -0.25) is 4.79 Å². The lowest BCUT2D eigenvalue weighted by molar-refractivity contribution is -0.116. The van der Waals surface area contributed by atoms with Crippen LogP contribution in [-0.4, -0.2) is 22.0 Å². The molecule has 1 amide bonds. The number of carbonyl (C=O) groups is 2. The highest BCUT2D eigenvalue weighted by Crippen LogP contribution is 2.16. The number of nitrogens with one attached hydrogen (secondary N) is 1. The van der Waals surface area contributed by atoms with E-state index in [0.29, 0.717) is 24.1 Å². The van der Waals surface area contributed by atoms with E-state index in [-0.39, 0.29) is 11.5 Å². The summed E-state index contributed by atoms with van der Waals surface area (Å²) in [5.41, 5.74) is 2.40. The molecule has 0 aliphatic heterocycles. The minimum atomic E-state index is -0.993. The van der Waals surface area contributed by atoms with E-state index in [1.54, 1.807) is 30.4 Å². The Morgan fingerprint density at radius 2 is 2.09 bits per heavy atom. The molecule has 2 rings (SSSR count). The molecule has 5 nitrogen and oxygen atoms in total. The number of benzene rings is 1. The van der Waals surface area contributed by atoms with Crippen LogP contribution in [0.5, 0.6) is 0 Å². The average molecular weight is 318 g/mol. The Kier molecular flexibility index (Phi) is 5.27. The first kappa shape index (κ1) is 16.2. The molecular weight excluding hydrogens is 300 g/mol. The largest absolute Gasteiger partial charge is 0.478 e. The van der Waals surface area contributed by atoms with E-state index in [1.165, 1.54) is 6.07 Å². The highest BCUT2D eigenvalue weighted by molar-refractivity contribution is 7.09. The molecule has 2 aromatic rings. The van der Waals surface area contributed by atoms with Crippen molar-refractivity contribution in [1.29, 1.82) is 0 Å². The second-order valence-electron chi connectivity index (χ2n) is 5.09. The Morgan fingerprint density at radius 3 is 2.73 bits per heavy atom. The van der Waals surface area contributed by atoms with Gasteiger partial charge >= 0.3 is 5.97 Å². The number of thiazole rings is 1. The summed E-state index contributed by atoms with van der Waals surface area (Å²) in [6.45, 7) is 3.68. The number of carboxylic acid groups (broad SMARTS) is 1. The molecule has 2 N–H and O–H groups in total. The number of carbonyl (C=O) groups excluding carboxylic acids is 1. The molecular formula is C16H18N2O3S. The zero-order valence-corrected chi connectivity index (χ0v) is 13.4. The van der Waals surface area contributed by atoms with Crippen molar-refractivity contribution in [2.45, 2.75) is 33.1 Å². The summed E-state index contributed by atoms with van der Waals surface area (Å²) in [4.78, 5) is 27.3. The first-order valence-electron chi connectivity index (χ1n) is 7.00. The van der Waals surface area contributed by atoms with Crippen LogP contribution in [0.1, 0.15) is 39.5 Å². The predicted molar refractivity (Wildman–Crippen MR) is 86.6 cm³/mol. The Balaban J connectivity index is 1.86. The van der Waals surface area contributed by atoms with E-state index < -0.39 is 5.97 Å². The third-order valence-electron chi connectivity index (χ3n) is 3.26. The van der Waals surface area contributed by atoms with Gasteiger partial charge in [0.2, 0.25) is 5.91 Å². The fourth-order valence-corrected chi connectivity index (χ4v) is 2.75. The number of carboxylic acids is 1. The SMILES string of the molecule is Cc1nc(CCCC(=O)Nc2ccc(C)c(C(=O)O)c2)cs1. The summed E-state index contributed by atoms with van der Waals surface area (Å²) in [7, 11) is 0. The normalized spacial score (nSPS) is 10.5. The fraction of sp³-hybridized carbons (Fsp3) is 0.312. The molecule has 0 aliphatic carbocycles. The van der Waals surface area contributed by atoms with Gasteiger partial charge in [-0.05, 0) is 44.4 Å². The molecule has 0 fully saturated rings. The van der Waals surface area contributed by atoms with Crippen molar-refractivity contribution in [2.75, 3.05) is 5.32 Å². The van der Waals surface area contributed by atoms with E-state index in [1.807, 2.05) is 12.3 Å². The van der Waals surface area contributed by atoms with Crippen LogP contribution >= 0.6 is 11.3 Å². The molecule has 116 valence electrons. The summed E-state index contributed by atoms with van der Waals surface area (Å²) < 4.78 is 0. The Bertz CT molecular complexity index is 694. The third-order valence-corrected chi connectivity index (χ3v) is 4.08. The van der Waals surface area contributed by atoms with Crippen molar-refractivity contribution in [1.82, 2.24) is 4.98 Å². The Labute approximate surface area is 133 Å². The third kappa shape index (κ3) is 4.39. The molecule has 1 aromatic heterocycles. The number of hydrogen-bond donors (Lipinski definition) is 2. The maximum atomic E-state index is 11.9. The highest BCUT2D eigenvalue weighted by Gasteiger charge is 2.10. The molecule has 0 saturated heterocycles. The van der Waals surface area contributed by atoms with Crippen molar-refractivity contribution >= 4 is 28.9 Å². The lowest BCUT2D eigenvalue weighted by Gasteiger charge is -2.07. The van der Waals surface area contributed by atoms with E-state index in [9.17, 15) is 9.59 Å². The van der Waals surface area contributed by atoms with Crippen molar-refractivity contribution in [3.8, 4) is 0 Å². The zero-order valence-electron chi connectivity index (χ0n) is 12.5. The van der Waals surface area contributed by atoms with Gasteiger partial charge in [0.1, 0.15) is 0 Å². The topological polar surface area (TPSA) is 79.3 Å². The molecule has 6 heteroatoms. The summed E-state index contributed by atoms with van der Waals surface area (Å²) in [5.74, 6) is -1.11. The van der Waals surface area contributed by atoms with Gasteiger partial charge in [0.15, 0.2) is 0 Å². The number of hydrogen-bond acceptors (Lipinski definition) is 4. The molecule has 0 spiro atoms. The van der Waals surface area contributed by atoms with Crippen LogP contribution in [-0.2, 0) is 11.2 Å². The van der Waals surface area contributed by atoms with Gasteiger partial charge in [-0.25, -0.2) is 9.78 Å². The van der Waals surface area contributed by atoms with Crippen molar-refractivity contribution in [3.63, 3.8) is 0 Å². The van der Waals surface area contributed by atoms with Crippen LogP contribution < -0.4 is 5.32 Å². The molecule has 0 bridgehead atoms. The molecule has 1 aromatic carbocycles. The van der Waals surface area contributed by atoms with Crippen LogP contribution in [0.4, 0.5) is 5.69 Å². The second kappa shape index (κ2) is 7.17. The van der Waals surface area contributed by atoms with Crippen LogP contribution in [0.15, 0.2) is 23.6 Å². The van der Waals surface area contributed by atoms with Gasteiger partial charge in [0, 0.05) is 17.5 Å². The minimum absolute atomic E-state index is 0.118. The number of rotatable bonds is 6. The van der Waals surface area contributed by atoms with E-state index in [0.717, 1.165) is 17.1 Å². The van der Waals surface area contributed by atoms with Gasteiger partial charge in [-0.1, -0.05) is 6.07 Å². The average Bonchev–Trinajstić information content (AvgIpc) is 2.86. The van der Waals surface area contributed by atoms with Crippen molar-refractivity contribution < 1.29 is 14.7 Å². The smallest absolute Gasteiger partial charge is 0.336 e. The van der Waals surface area contributed by atoms with Gasteiger partial charge in [-0.2, -0.15) is 0 Å². The number of amides is 1. The van der Waals surface area contributed by atoms with Crippen LogP contribution in [0, 0.1) is 13.8 Å². The number of aromatic nitrogens is 1. The highest BCUT2D eigenvalue weighted by atomic mass is 32.1. The summed E-state index contributed by atoms with van der Waals surface area (Å²) in [6, 6.07) is 4.89. The summed E-state index contributed by atoms with van der Waals surface area (Å²) in [6.07, 6.45) is 1.87. The molecule has 0 atom stereocenters. The van der Waals surface area contributed by atoms with E-state index in [2.05, 4.69) is 10.3 Å². The molecule has 0 radical (unpaired) electrons. The Morgan fingerprint density at radius 1 is 1.32 bits per heavy atom. The fourth-order valence-electron chi connectivity index (χ4n) is 2.11. The standard InChI is InChI=1S/C16H18N2O3S/c1-10-6-7-12(8-14(10)16(20)21)18-15(19)5-3-4-13-9-22-11(2)17-13/h6-9H,3-5H2,1-2H3,(H,18,19)(H,20,21). The number of aryl methyl sites for hydroxylation is 3. The lowest BCUT2D eigenvalue weighted by Crippen LogP contribution is -2.12. The minimum Gasteiger partial charge on any atom is -0.478 e. The predicted octanol–water partition coefficient (Wildman–Crippen LogP) is 3.42. The lowest BCUT2D eigenvalue weighted by atomic mass is 10.1. The quantitative estimate of drug-likeness (QED) is 0.855. The van der Waals surface area contributed by atoms with Crippen LogP contribution in [0.25, 0.3) is 0 Å². The van der Waals surface area contributed by atoms with Crippen LogP contribution in [0.3, 0.4) is 0 Å². The number of anilines is 1.